The molecular formula is C17H38Si. The first-order chi connectivity index (χ1) is 8.81. The summed E-state index contributed by atoms with van der Waals surface area (Å²) in [5.41, 5.74) is 0. The Morgan fingerprint density at radius 3 is 1.72 bits per heavy atom. The molecule has 0 nitrogen and oxygen atoms in total. The number of unbranched alkanes of at least 4 members (excludes halogenated alkanes) is 9. The van der Waals surface area contributed by atoms with Crippen molar-refractivity contribution in [3.05, 3.63) is 0 Å². The molecule has 0 rings (SSSR count). The average molecular weight is 271 g/mol. The highest BCUT2D eigenvalue weighted by atomic mass is 28.2. The summed E-state index contributed by atoms with van der Waals surface area (Å²) in [4.78, 5) is 0. The lowest BCUT2D eigenvalue weighted by atomic mass is 10.1. The normalized spacial score (nSPS) is 13.5. The summed E-state index contributed by atoms with van der Waals surface area (Å²) in [6.45, 7) is 7.05. The van der Waals surface area contributed by atoms with Gasteiger partial charge in [0.1, 0.15) is 0 Å². The summed E-state index contributed by atoms with van der Waals surface area (Å²) in [7, 11) is 0.299. The van der Waals surface area contributed by atoms with Crippen molar-refractivity contribution >= 4 is 9.52 Å². The van der Waals surface area contributed by atoms with Crippen molar-refractivity contribution in [3.8, 4) is 0 Å². The van der Waals surface area contributed by atoms with Gasteiger partial charge in [0, 0.05) is 9.52 Å². The third-order valence-electron chi connectivity index (χ3n) is 4.25. The summed E-state index contributed by atoms with van der Waals surface area (Å²) in [6.07, 6.45) is 16.2. The fraction of sp³-hybridized carbons (Fsp3) is 1.00. The molecule has 0 aliphatic carbocycles. The van der Waals surface area contributed by atoms with Crippen LogP contribution in [0.2, 0.25) is 12.1 Å². The van der Waals surface area contributed by atoms with E-state index in [0.29, 0.717) is 9.52 Å². The van der Waals surface area contributed by atoms with Gasteiger partial charge in [0.2, 0.25) is 0 Å². The van der Waals surface area contributed by atoms with Crippen LogP contribution in [0.15, 0.2) is 0 Å². The maximum atomic E-state index is 2.42. The van der Waals surface area contributed by atoms with Gasteiger partial charge in [-0.3, -0.25) is 0 Å². The van der Waals surface area contributed by atoms with Crippen LogP contribution in [0.5, 0.6) is 0 Å². The molecule has 0 spiro atoms. The molecule has 0 bridgehead atoms. The second-order valence-corrected chi connectivity index (χ2v) is 8.18. The van der Waals surface area contributed by atoms with Gasteiger partial charge < -0.3 is 0 Å². The predicted octanol–water partition coefficient (Wildman–Crippen LogP) is 5.96. The molecule has 0 N–H and O–H groups in total. The molecule has 1 unspecified atom stereocenters. The molecule has 0 saturated carbocycles. The first-order valence-corrected chi connectivity index (χ1v) is 10.8. The Balaban J connectivity index is 2.94. The number of rotatable bonds is 14. The molecule has 0 aliphatic heterocycles. The molecule has 18 heavy (non-hydrogen) atoms. The van der Waals surface area contributed by atoms with E-state index in [4.69, 9.17) is 0 Å². The lowest BCUT2D eigenvalue weighted by molar-refractivity contribution is 0.561. The van der Waals surface area contributed by atoms with Crippen molar-refractivity contribution in [1.29, 1.82) is 0 Å². The van der Waals surface area contributed by atoms with Crippen LogP contribution in [-0.2, 0) is 0 Å². The Morgan fingerprint density at radius 1 is 0.722 bits per heavy atom. The van der Waals surface area contributed by atoms with Crippen LogP contribution >= 0.6 is 0 Å². The Bertz CT molecular complexity index is 145. The van der Waals surface area contributed by atoms with Crippen LogP contribution in [0.4, 0.5) is 0 Å². The van der Waals surface area contributed by atoms with E-state index in [1.807, 2.05) is 0 Å². The minimum absolute atomic E-state index is 0.299. The van der Waals surface area contributed by atoms with E-state index >= 15 is 0 Å². The van der Waals surface area contributed by atoms with Crippen LogP contribution in [0, 0.1) is 5.92 Å². The first kappa shape index (κ1) is 18.2. The monoisotopic (exact) mass is 270 g/mol. The largest absolute Gasteiger partial charge is 0.0654 e. The van der Waals surface area contributed by atoms with Gasteiger partial charge in [0.25, 0.3) is 0 Å². The smallest absolute Gasteiger partial charge is 0.0200 e. The summed E-state index contributed by atoms with van der Waals surface area (Å²) >= 11 is 0. The van der Waals surface area contributed by atoms with Gasteiger partial charge in [-0.15, -0.1) is 0 Å². The minimum Gasteiger partial charge on any atom is -0.0654 e. The molecule has 0 aromatic carbocycles. The molecule has 1 heteroatoms. The fourth-order valence-corrected chi connectivity index (χ4v) is 4.64. The van der Waals surface area contributed by atoms with Crippen LogP contribution in [-0.4, -0.2) is 9.52 Å². The molecule has 0 radical (unpaired) electrons. The van der Waals surface area contributed by atoms with E-state index in [2.05, 4.69) is 20.8 Å². The van der Waals surface area contributed by atoms with E-state index in [1.165, 1.54) is 64.2 Å². The quantitative estimate of drug-likeness (QED) is 0.270. The van der Waals surface area contributed by atoms with Gasteiger partial charge in [-0.2, -0.15) is 0 Å². The van der Waals surface area contributed by atoms with E-state index in [-0.39, 0.29) is 0 Å². The van der Waals surface area contributed by atoms with Crippen molar-refractivity contribution in [1.82, 2.24) is 0 Å². The van der Waals surface area contributed by atoms with Crippen molar-refractivity contribution in [2.24, 2.45) is 5.92 Å². The summed E-state index contributed by atoms with van der Waals surface area (Å²) < 4.78 is 0. The summed E-state index contributed by atoms with van der Waals surface area (Å²) in [6, 6.07) is 3.20. The van der Waals surface area contributed by atoms with E-state index in [0.717, 1.165) is 5.92 Å². The lowest BCUT2D eigenvalue weighted by Crippen LogP contribution is -1.98. The van der Waals surface area contributed by atoms with Crippen molar-refractivity contribution in [2.75, 3.05) is 0 Å². The molecule has 0 fully saturated rings. The molecule has 0 saturated heterocycles. The standard InChI is InChI=1S/C17H38Si/c1-4-6-7-8-9-10-11-12-13-14-15-18-16-17(3)5-2/h17H,4-16,18H2,1-3H3. The molecular weight excluding hydrogens is 232 g/mol. The summed E-state index contributed by atoms with van der Waals surface area (Å²) in [5.74, 6) is 1.01. The first-order valence-electron chi connectivity index (χ1n) is 8.81. The highest BCUT2D eigenvalue weighted by Gasteiger charge is 1.98. The Hall–Kier alpha value is 0.217. The Morgan fingerprint density at radius 2 is 1.22 bits per heavy atom. The maximum Gasteiger partial charge on any atom is 0.0200 e. The van der Waals surface area contributed by atoms with Crippen LogP contribution in [0.3, 0.4) is 0 Å². The van der Waals surface area contributed by atoms with Gasteiger partial charge in [-0.25, -0.2) is 0 Å². The third-order valence-corrected chi connectivity index (χ3v) is 6.64. The molecule has 0 aromatic rings. The SMILES string of the molecule is CCCCCCCCCCCC[SiH2]CC(C)CC. The van der Waals surface area contributed by atoms with Crippen LogP contribution < -0.4 is 0 Å². The van der Waals surface area contributed by atoms with Gasteiger partial charge >= 0.3 is 0 Å². The molecule has 1 atom stereocenters. The highest BCUT2D eigenvalue weighted by Crippen LogP contribution is 2.13. The lowest BCUT2D eigenvalue weighted by Gasteiger charge is -2.06. The van der Waals surface area contributed by atoms with Crippen LogP contribution in [0.1, 0.15) is 91.4 Å². The molecule has 0 aliphatic rings. The van der Waals surface area contributed by atoms with Crippen molar-refractivity contribution in [3.63, 3.8) is 0 Å². The Kier molecular flexibility index (Phi) is 15.5. The highest BCUT2D eigenvalue weighted by molar-refractivity contribution is 6.35. The zero-order valence-corrected chi connectivity index (χ0v) is 14.9. The third kappa shape index (κ3) is 14.3. The average Bonchev–Trinajstić information content (AvgIpc) is 2.39. The predicted molar refractivity (Wildman–Crippen MR) is 89.5 cm³/mol. The Labute approximate surface area is 119 Å². The number of hydrogen-bond donors (Lipinski definition) is 0. The second-order valence-electron chi connectivity index (χ2n) is 6.19. The van der Waals surface area contributed by atoms with E-state index in [9.17, 15) is 0 Å². The minimum atomic E-state index is 0.299. The number of hydrogen-bond acceptors (Lipinski definition) is 0. The zero-order chi connectivity index (χ0) is 13.5. The topological polar surface area (TPSA) is 0 Å². The van der Waals surface area contributed by atoms with Crippen molar-refractivity contribution in [2.45, 2.75) is 103 Å². The molecule has 0 heterocycles. The fourth-order valence-electron chi connectivity index (χ4n) is 2.54. The van der Waals surface area contributed by atoms with Gasteiger partial charge in [0.05, 0.1) is 0 Å². The maximum absolute atomic E-state index is 2.42. The van der Waals surface area contributed by atoms with Gasteiger partial charge in [-0.1, -0.05) is 103 Å². The molecule has 0 amide bonds. The van der Waals surface area contributed by atoms with Gasteiger partial charge in [-0.05, 0) is 5.92 Å². The second kappa shape index (κ2) is 15.3. The zero-order valence-electron chi connectivity index (χ0n) is 13.5. The molecule has 110 valence electrons. The van der Waals surface area contributed by atoms with E-state index in [1.54, 1.807) is 18.5 Å². The van der Waals surface area contributed by atoms with Crippen LogP contribution in [0.25, 0.3) is 0 Å². The molecule has 0 aromatic heterocycles. The summed E-state index contributed by atoms with van der Waals surface area (Å²) in [5, 5.41) is 0. The van der Waals surface area contributed by atoms with Crippen molar-refractivity contribution < 1.29 is 0 Å². The van der Waals surface area contributed by atoms with Gasteiger partial charge in [0.15, 0.2) is 0 Å². The van der Waals surface area contributed by atoms with E-state index < -0.39 is 0 Å².